The Labute approximate surface area is 207 Å². The van der Waals surface area contributed by atoms with Crippen molar-refractivity contribution in [1.82, 2.24) is 15.3 Å². The number of nitrogens with zero attached hydrogens (tertiary/aromatic N) is 2. The van der Waals surface area contributed by atoms with Crippen molar-refractivity contribution in [3.63, 3.8) is 0 Å². The van der Waals surface area contributed by atoms with Gasteiger partial charge in [-0.1, -0.05) is 24.6 Å². The predicted molar refractivity (Wildman–Crippen MR) is 129 cm³/mol. The summed E-state index contributed by atoms with van der Waals surface area (Å²) in [6.07, 6.45) is 3.34. The lowest BCUT2D eigenvalue weighted by atomic mass is 9.84. The summed E-state index contributed by atoms with van der Waals surface area (Å²) in [6, 6.07) is 13.5. The van der Waals surface area contributed by atoms with Crippen molar-refractivity contribution in [3.8, 4) is 11.6 Å². The van der Waals surface area contributed by atoms with Crippen LogP contribution in [-0.4, -0.2) is 21.9 Å². The highest BCUT2D eigenvalue weighted by Gasteiger charge is 2.44. The van der Waals surface area contributed by atoms with Gasteiger partial charge in [-0.25, -0.2) is 4.98 Å². The molecule has 1 N–H and O–H groups in total. The third kappa shape index (κ3) is 4.98. The van der Waals surface area contributed by atoms with Gasteiger partial charge in [0.1, 0.15) is 5.75 Å². The first kappa shape index (κ1) is 24.0. The van der Waals surface area contributed by atoms with Crippen LogP contribution in [0.15, 0.2) is 72.7 Å². The van der Waals surface area contributed by atoms with E-state index in [1.54, 1.807) is 30.6 Å². The van der Waals surface area contributed by atoms with Gasteiger partial charge < -0.3 is 10.1 Å². The summed E-state index contributed by atoms with van der Waals surface area (Å²) < 4.78 is 44.1. The zero-order valence-electron chi connectivity index (χ0n) is 19.8. The fraction of sp³-hybridized carbons (Fsp3) is 0.321. The average Bonchev–Trinajstić information content (AvgIpc) is 3.46. The molecule has 2 bridgehead atoms. The molecule has 3 atom stereocenters. The minimum absolute atomic E-state index is 0.0800. The Morgan fingerprint density at radius 1 is 1.08 bits per heavy atom. The van der Waals surface area contributed by atoms with Crippen LogP contribution in [-0.2, 0) is 6.18 Å². The highest BCUT2D eigenvalue weighted by molar-refractivity contribution is 5.94. The number of amides is 1. The van der Waals surface area contributed by atoms with E-state index in [0.29, 0.717) is 23.1 Å². The van der Waals surface area contributed by atoms with Gasteiger partial charge in [0.05, 0.1) is 11.1 Å². The van der Waals surface area contributed by atoms with Crippen molar-refractivity contribution in [2.75, 3.05) is 0 Å². The minimum atomic E-state index is -4.44. The summed E-state index contributed by atoms with van der Waals surface area (Å²) in [4.78, 5) is 20.4. The highest BCUT2D eigenvalue weighted by atomic mass is 19.4. The lowest BCUT2D eigenvalue weighted by Gasteiger charge is -2.27. The van der Waals surface area contributed by atoms with Crippen LogP contribution in [0.3, 0.4) is 0 Å². The largest absolute Gasteiger partial charge is 0.439 e. The van der Waals surface area contributed by atoms with Gasteiger partial charge in [0.15, 0.2) is 0 Å². The zero-order valence-corrected chi connectivity index (χ0v) is 19.8. The Morgan fingerprint density at radius 3 is 2.56 bits per heavy atom. The monoisotopic (exact) mass is 493 g/mol. The van der Waals surface area contributed by atoms with Gasteiger partial charge in [-0.05, 0) is 79.0 Å². The lowest BCUT2D eigenvalue weighted by molar-refractivity contribution is -0.137. The number of halogens is 3. The molecule has 0 aliphatic heterocycles. The van der Waals surface area contributed by atoms with Gasteiger partial charge >= 0.3 is 6.18 Å². The fourth-order valence-electron chi connectivity index (χ4n) is 5.47. The van der Waals surface area contributed by atoms with Gasteiger partial charge in [0.25, 0.3) is 5.91 Å². The smallest absolute Gasteiger partial charge is 0.417 e. The molecule has 2 aliphatic rings. The number of fused-ring (bicyclic) bond motifs is 2. The van der Waals surface area contributed by atoms with Crippen molar-refractivity contribution in [1.29, 1.82) is 0 Å². The van der Waals surface area contributed by atoms with Crippen LogP contribution in [0, 0.1) is 11.8 Å². The summed E-state index contributed by atoms with van der Waals surface area (Å²) in [6.45, 7) is 2.13. The van der Waals surface area contributed by atoms with E-state index < -0.39 is 11.7 Å². The molecule has 1 amide bonds. The van der Waals surface area contributed by atoms with E-state index in [1.165, 1.54) is 17.2 Å². The molecule has 0 spiro atoms. The van der Waals surface area contributed by atoms with Crippen LogP contribution < -0.4 is 10.1 Å². The zero-order chi connectivity index (χ0) is 25.3. The first-order valence-electron chi connectivity index (χ1n) is 12.1. The first-order valence-corrected chi connectivity index (χ1v) is 12.1. The Kier molecular flexibility index (Phi) is 6.51. The molecule has 36 heavy (non-hydrogen) atoms. The van der Waals surface area contributed by atoms with Crippen molar-refractivity contribution < 1.29 is 22.7 Å². The van der Waals surface area contributed by atoms with Gasteiger partial charge in [-0.3, -0.25) is 9.78 Å². The molecule has 0 saturated heterocycles. The third-order valence-electron chi connectivity index (χ3n) is 7.12. The number of allylic oxidation sites excluding steroid dienone is 2. The van der Waals surface area contributed by atoms with E-state index in [2.05, 4.69) is 22.2 Å². The number of benzene rings is 1. The van der Waals surface area contributed by atoms with Crippen LogP contribution in [0.1, 0.15) is 54.1 Å². The molecule has 3 aromatic rings. The molecule has 2 aromatic heterocycles. The maximum Gasteiger partial charge on any atom is 0.417 e. The molecule has 1 aromatic carbocycles. The molecule has 2 fully saturated rings. The second-order valence-corrected chi connectivity index (χ2v) is 9.32. The molecule has 186 valence electrons. The first-order chi connectivity index (χ1) is 17.3. The minimum Gasteiger partial charge on any atom is -0.439 e. The number of carbonyl (C=O) groups excluding carboxylic acids is 1. The summed E-state index contributed by atoms with van der Waals surface area (Å²) in [7, 11) is 0. The number of alkyl halides is 3. The Morgan fingerprint density at radius 2 is 1.92 bits per heavy atom. The maximum absolute atomic E-state index is 12.8. The molecule has 2 aliphatic carbocycles. The van der Waals surface area contributed by atoms with Crippen LogP contribution in [0.5, 0.6) is 11.6 Å². The molecule has 5 nitrogen and oxygen atoms in total. The number of pyridine rings is 2. The van der Waals surface area contributed by atoms with E-state index in [4.69, 9.17) is 4.74 Å². The number of hydrogen-bond donors (Lipinski definition) is 1. The second kappa shape index (κ2) is 9.76. The highest BCUT2D eigenvalue weighted by Crippen LogP contribution is 2.51. The third-order valence-corrected chi connectivity index (χ3v) is 7.12. The van der Waals surface area contributed by atoms with Gasteiger partial charge in [0, 0.05) is 30.7 Å². The van der Waals surface area contributed by atoms with Crippen molar-refractivity contribution >= 4 is 11.5 Å². The molecular weight excluding hydrogens is 467 g/mol. The van der Waals surface area contributed by atoms with Gasteiger partial charge in [-0.2, -0.15) is 13.2 Å². The summed E-state index contributed by atoms with van der Waals surface area (Å²) in [5.41, 5.74) is 3.50. The van der Waals surface area contributed by atoms with Crippen molar-refractivity contribution in [2.24, 2.45) is 11.8 Å². The van der Waals surface area contributed by atoms with E-state index in [1.807, 2.05) is 18.2 Å². The van der Waals surface area contributed by atoms with Crippen LogP contribution in [0.4, 0.5) is 13.2 Å². The number of ether oxygens (including phenoxy) is 1. The van der Waals surface area contributed by atoms with Crippen LogP contribution in [0.2, 0.25) is 0 Å². The molecule has 8 heteroatoms. The number of carbonyl (C=O) groups is 1. The molecule has 0 radical (unpaired) electrons. The van der Waals surface area contributed by atoms with E-state index in [9.17, 15) is 18.0 Å². The normalized spacial score (nSPS) is 22.4. The van der Waals surface area contributed by atoms with E-state index in [-0.39, 0.29) is 17.8 Å². The van der Waals surface area contributed by atoms with Crippen LogP contribution >= 0.6 is 0 Å². The lowest BCUT2D eigenvalue weighted by Crippen LogP contribution is -2.38. The molecule has 3 unspecified atom stereocenters. The summed E-state index contributed by atoms with van der Waals surface area (Å²) >= 11 is 0. The Bertz CT molecular complexity index is 1270. The molecule has 2 saturated carbocycles. The number of hydrogen-bond acceptors (Lipinski definition) is 4. The topological polar surface area (TPSA) is 64.1 Å². The van der Waals surface area contributed by atoms with Gasteiger partial charge in [-0.15, -0.1) is 0 Å². The van der Waals surface area contributed by atoms with E-state index >= 15 is 0 Å². The number of aromatic nitrogens is 2. The fourth-order valence-corrected chi connectivity index (χ4v) is 5.47. The van der Waals surface area contributed by atoms with Crippen molar-refractivity contribution in [3.05, 3.63) is 89.4 Å². The van der Waals surface area contributed by atoms with Crippen LogP contribution in [0.25, 0.3) is 5.57 Å². The SMILES string of the molecule is CCC(=C1CC2CC1CC2NC(=O)c1cccnc1)c1cccc(Oc2ccc(C(F)(F)F)cn2)c1. The number of rotatable bonds is 6. The predicted octanol–water partition coefficient (Wildman–Crippen LogP) is 6.68. The summed E-state index contributed by atoms with van der Waals surface area (Å²) in [5, 5.41) is 3.19. The quantitative estimate of drug-likeness (QED) is 0.416. The molecule has 2 heterocycles. The summed E-state index contributed by atoms with van der Waals surface area (Å²) in [5.74, 6) is 1.38. The maximum atomic E-state index is 12.8. The van der Waals surface area contributed by atoms with Crippen molar-refractivity contribution in [2.45, 2.75) is 44.8 Å². The standard InChI is InChI=1S/C28H26F3N3O2/c1-2-23(17-5-3-7-22(12-17)36-26-9-8-21(16-33-26)28(29,30)31)24-13-20-11-19(24)14-25(20)34-27(35)18-6-4-10-32-15-18/h3-10,12,15-16,19-20,25H,2,11,13-14H2,1H3,(H,34,35). The van der Waals surface area contributed by atoms with E-state index in [0.717, 1.165) is 43.5 Å². The molecule has 5 rings (SSSR count). The van der Waals surface area contributed by atoms with Gasteiger partial charge in [0.2, 0.25) is 5.88 Å². The molecular formula is C28H26F3N3O2. The second-order valence-electron chi connectivity index (χ2n) is 9.32. The Balaban J connectivity index is 1.29. The number of nitrogens with one attached hydrogen (secondary N) is 1. The Hall–Kier alpha value is -3.68. The average molecular weight is 494 g/mol.